The number of hydrogen-bond acceptors (Lipinski definition) is 3. The van der Waals surface area contributed by atoms with Gasteiger partial charge in [-0.1, -0.05) is 25.4 Å². The molecule has 1 saturated heterocycles. The van der Waals surface area contributed by atoms with Gasteiger partial charge in [0.25, 0.3) is 0 Å². The molecule has 1 aromatic carbocycles. The highest BCUT2D eigenvalue weighted by Crippen LogP contribution is 2.25. The van der Waals surface area contributed by atoms with Crippen LogP contribution < -0.4 is 10.2 Å². The lowest BCUT2D eigenvalue weighted by molar-refractivity contribution is 0.541. The van der Waals surface area contributed by atoms with Gasteiger partial charge in [0.1, 0.15) is 6.07 Å². The number of halogens is 1. The van der Waals surface area contributed by atoms with Crippen molar-refractivity contribution >= 4 is 17.3 Å². The van der Waals surface area contributed by atoms with Crippen molar-refractivity contribution in [1.29, 1.82) is 5.26 Å². The summed E-state index contributed by atoms with van der Waals surface area (Å²) in [4.78, 5) is 2.32. The van der Waals surface area contributed by atoms with Crippen LogP contribution in [0.2, 0.25) is 5.02 Å². The molecule has 1 aliphatic heterocycles. The number of hydrogen-bond donors (Lipinski definition) is 1. The molecule has 2 rings (SSSR count). The van der Waals surface area contributed by atoms with Crippen molar-refractivity contribution in [2.75, 3.05) is 24.5 Å². The van der Waals surface area contributed by atoms with Crippen LogP contribution in [0.15, 0.2) is 18.2 Å². The van der Waals surface area contributed by atoms with E-state index in [1.807, 2.05) is 12.1 Å². The SMILES string of the molecule is CC(C)CN(CC1CCCN1)c1ccc(Cl)cc1C#N. The van der Waals surface area contributed by atoms with Crippen molar-refractivity contribution in [3.8, 4) is 6.07 Å². The zero-order valence-corrected chi connectivity index (χ0v) is 13.0. The Morgan fingerprint density at radius 3 is 2.90 bits per heavy atom. The predicted octanol–water partition coefficient (Wildman–Crippen LogP) is 3.43. The molecule has 0 radical (unpaired) electrons. The summed E-state index contributed by atoms with van der Waals surface area (Å²) in [5, 5.41) is 13.5. The van der Waals surface area contributed by atoms with Crippen molar-refractivity contribution < 1.29 is 0 Å². The van der Waals surface area contributed by atoms with Crippen LogP contribution in [-0.2, 0) is 0 Å². The minimum Gasteiger partial charge on any atom is -0.369 e. The Kier molecular flexibility index (Phi) is 5.28. The summed E-state index contributed by atoms with van der Waals surface area (Å²) in [6.45, 7) is 7.42. The Bertz CT molecular complexity index is 487. The van der Waals surface area contributed by atoms with Crippen molar-refractivity contribution in [2.24, 2.45) is 5.92 Å². The maximum Gasteiger partial charge on any atom is 0.101 e. The van der Waals surface area contributed by atoms with E-state index in [1.165, 1.54) is 12.8 Å². The fourth-order valence-electron chi connectivity index (χ4n) is 2.76. The molecule has 3 nitrogen and oxygen atoms in total. The van der Waals surface area contributed by atoms with Crippen LogP contribution in [0.5, 0.6) is 0 Å². The van der Waals surface area contributed by atoms with Crippen molar-refractivity contribution in [1.82, 2.24) is 5.32 Å². The van der Waals surface area contributed by atoms with Gasteiger partial charge in [0.2, 0.25) is 0 Å². The molecule has 0 aromatic heterocycles. The molecule has 0 bridgehead atoms. The lowest BCUT2D eigenvalue weighted by atomic mass is 10.1. The Hall–Kier alpha value is -1.24. The maximum atomic E-state index is 9.34. The third-order valence-electron chi connectivity index (χ3n) is 3.61. The number of anilines is 1. The first-order chi connectivity index (χ1) is 9.60. The highest BCUT2D eigenvalue weighted by molar-refractivity contribution is 6.30. The smallest absolute Gasteiger partial charge is 0.101 e. The van der Waals surface area contributed by atoms with Crippen LogP contribution in [0.1, 0.15) is 32.3 Å². The Morgan fingerprint density at radius 2 is 2.30 bits per heavy atom. The van der Waals surface area contributed by atoms with E-state index in [-0.39, 0.29) is 0 Å². The summed E-state index contributed by atoms with van der Waals surface area (Å²) in [5.41, 5.74) is 1.66. The average molecular weight is 292 g/mol. The van der Waals surface area contributed by atoms with Crippen LogP contribution >= 0.6 is 11.6 Å². The molecule has 0 spiro atoms. The van der Waals surface area contributed by atoms with Crippen LogP contribution in [0.25, 0.3) is 0 Å². The van der Waals surface area contributed by atoms with Crippen LogP contribution in [0.4, 0.5) is 5.69 Å². The highest BCUT2D eigenvalue weighted by Gasteiger charge is 2.20. The fourth-order valence-corrected chi connectivity index (χ4v) is 2.94. The van der Waals surface area contributed by atoms with E-state index in [4.69, 9.17) is 11.6 Å². The average Bonchev–Trinajstić information content (AvgIpc) is 2.90. The summed E-state index contributed by atoms with van der Waals surface area (Å²) in [6, 6.07) is 8.39. The molecule has 0 saturated carbocycles. The van der Waals surface area contributed by atoms with Gasteiger partial charge in [-0.3, -0.25) is 0 Å². The molecule has 0 aliphatic carbocycles. The maximum absolute atomic E-state index is 9.34. The van der Waals surface area contributed by atoms with Crippen LogP contribution in [0, 0.1) is 17.2 Å². The predicted molar refractivity (Wildman–Crippen MR) is 84.2 cm³/mol. The Labute approximate surface area is 126 Å². The number of nitrogens with zero attached hydrogens (tertiary/aromatic N) is 2. The van der Waals surface area contributed by atoms with Crippen LogP contribution in [0.3, 0.4) is 0 Å². The molecule has 4 heteroatoms. The van der Waals surface area contributed by atoms with Gasteiger partial charge in [0.05, 0.1) is 11.3 Å². The van der Waals surface area contributed by atoms with Gasteiger partial charge in [0, 0.05) is 24.2 Å². The second-order valence-electron chi connectivity index (χ2n) is 5.87. The molecule has 1 atom stereocenters. The largest absolute Gasteiger partial charge is 0.369 e. The normalized spacial score (nSPS) is 18.2. The molecule has 108 valence electrons. The van der Waals surface area contributed by atoms with Crippen molar-refractivity contribution in [2.45, 2.75) is 32.7 Å². The van der Waals surface area contributed by atoms with Gasteiger partial charge in [-0.15, -0.1) is 0 Å². The molecule has 0 amide bonds. The van der Waals surface area contributed by atoms with Gasteiger partial charge in [0.15, 0.2) is 0 Å². The van der Waals surface area contributed by atoms with Crippen LogP contribution in [-0.4, -0.2) is 25.7 Å². The summed E-state index contributed by atoms with van der Waals surface area (Å²) in [5.74, 6) is 0.554. The van der Waals surface area contributed by atoms with Gasteiger partial charge in [-0.2, -0.15) is 5.26 Å². The minimum absolute atomic E-state index is 0.524. The Morgan fingerprint density at radius 1 is 1.50 bits per heavy atom. The molecule has 20 heavy (non-hydrogen) atoms. The second-order valence-corrected chi connectivity index (χ2v) is 6.30. The third kappa shape index (κ3) is 3.88. The van der Waals surface area contributed by atoms with E-state index in [0.29, 0.717) is 22.5 Å². The molecule has 1 N–H and O–H groups in total. The van der Waals surface area contributed by atoms with E-state index in [9.17, 15) is 5.26 Å². The summed E-state index contributed by atoms with van der Waals surface area (Å²) in [7, 11) is 0. The summed E-state index contributed by atoms with van der Waals surface area (Å²) in [6.07, 6.45) is 2.45. The first kappa shape index (κ1) is 15.2. The van der Waals surface area contributed by atoms with Gasteiger partial charge < -0.3 is 10.2 Å². The monoisotopic (exact) mass is 291 g/mol. The topological polar surface area (TPSA) is 39.1 Å². The molecule has 1 fully saturated rings. The van der Waals surface area contributed by atoms with Gasteiger partial charge in [-0.05, 0) is 43.5 Å². The number of benzene rings is 1. The van der Waals surface area contributed by atoms with E-state index in [1.54, 1.807) is 6.07 Å². The van der Waals surface area contributed by atoms with Gasteiger partial charge >= 0.3 is 0 Å². The Balaban J connectivity index is 2.23. The second kappa shape index (κ2) is 6.97. The zero-order valence-electron chi connectivity index (χ0n) is 12.2. The quantitative estimate of drug-likeness (QED) is 0.903. The van der Waals surface area contributed by atoms with Crippen molar-refractivity contribution in [3.63, 3.8) is 0 Å². The van der Waals surface area contributed by atoms with Crippen molar-refractivity contribution in [3.05, 3.63) is 28.8 Å². The lowest BCUT2D eigenvalue weighted by Crippen LogP contribution is -2.39. The molecule has 1 unspecified atom stereocenters. The first-order valence-electron chi connectivity index (χ1n) is 7.28. The van der Waals surface area contributed by atoms with Gasteiger partial charge in [-0.25, -0.2) is 0 Å². The third-order valence-corrected chi connectivity index (χ3v) is 3.84. The molecule has 1 aromatic rings. The lowest BCUT2D eigenvalue weighted by Gasteiger charge is -2.30. The fraction of sp³-hybridized carbons (Fsp3) is 0.562. The molecular weight excluding hydrogens is 270 g/mol. The number of nitriles is 1. The highest BCUT2D eigenvalue weighted by atomic mass is 35.5. The summed E-state index contributed by atoms with van der Waals surface area (Å²) >= 11 is 5.99. The first-order valence-corrected chi connectivity index (χ1v) is 7.66. The molecular formula is C16H22ClN3. The standard InChI is InChI=1S/C16H22ClN3/c1-12(2)10-20(11-15-4-3-7-19-15)16-6-5-14(17)8-13(16)9-18/h5-6,8,12,15,19H,3-4,7,10-11H2,1-2H3. The minimum atomic E-state index is 0.524. The van der Waals surface area contributed by atoms with E-state index in [2.05, 4.69) is 30.1 Å². The van der Waals surface area contributed by atoms with E-state index < -0.39 is 0 Å². The molecule has 1 heterocycles. The summed E-state index contributed by atoms with van der Waals surface area (Å²) < 4.78 is 0. The van der Waals surface area contributed by atoms with E-state index >= 15 is 0 Å². The zero-order chi connectivity index (χ0) is 14.5. The number of nitrogens with one attached hydrogen (secondary N) is 1. The molecule has 1 aliphatic rings. The number of rotatable bonds is 5. The van der Waals surface area contributed by atoms with E-state index in [0.717, 1.165) is 25.3 Å².